The lowest BCUT2D eigenvalue weighted by atomic mass is 9.70. The number of rotatable bonds is 2. The van der Waals surface area contributed by atoms with Gasteiger partial charge in [0, 0.05) is 44.8 Å². The first-order chi connectivity index (χ1) is 14.5. The van der Waals surface area contributed by atoms with Crippen molar-refractivity contribution in [3.05, 3.63) is 35.6 Å². The Bertz CT molecular complexity index is 805. The molecule has 1 aliphatic carbocycles. The molecule has 0 bridgehead atoms. The second kappa shape index (κ2) is 7.81. The molecule has 8 heteroatoms. The summed E-state index contributed by atoms with van der Waals surface area (Å²) in [4.78, 5) is 31.0. The van der Waals surface area contributed by atoms with E-state index in [2.05, 4.69) is 10.2 Å². The number of fused-ring (bicyclic) bond motifs is 1. The van der Waals surface area contributed by atoms with E-state index < -0.39 is 0 Å². The Kier molecular flexibility index (Phi) is 5.14. The van der Waals surface area contributed by atoms with Crippen LogP contribution in [0.1, 0.15) is 31.2 Å². The number of carbonyl (C=O) groups is 2. The van der Waals surface area contributed by atoms with Gasteiger partial charge in [-0.25, -0.2) is 9.18 Å². The number of morpholine rings is 1. The van der Waals surface area contributed by atoms with Crippen LogP contribution in [-0.2, 0) is 15.1 Å². The Labute approximate surface area is 176 Å². The monoisotopic (exact) mass is 416 g/mol. The predicted molar refractivity (Wildman–Crippen MR) is 108 cm³/mol. The quantitative estimate of drug-likeness (QED) is 0.794. The average Bonchev–Trinajstić information content (AvgIpc) is 2.74. The summed E-state index contributed by atoms with van der Waals surface area (Å²) in [6.07, 6.45) is 4.12. The molecule has 2 atom stereocenters. The first kappa shape index (κ1) is 19.8. The zero-order valence-electron chi connectivity index (χ0n) is 17.2. The van der Waals surface area contributed by atoms with Gasteiger partial charge in [0.1, 0.15) is 12.4 Å². The van der Waals surface area contributed by atoms with Crippen LogP contribution in [0.25, 0.3) is 0 Å². The topological polar surface area (TPSA) is 65.1 Å². The van der Waals surface area contributed by atoms with Crippen molar-refractivity contribution >= 4 is 11.9 Å². The van der Waals surface area contributed by atoms with Crippen LogP contribution in [0, 0.1) is 5.82 Å². The zero-order chi connectivity index (χ0) is 20.7. The molecular formula is C22H29FN4O3. The number of nitrogens with zero attached hydrogens (tertiary/aromatic N) is 3. The van der Waals surface area contributed by atoms with Gasteiger partial charge in [0.15, 0.2) is 0 Å². The lowest BCUT2D eigenvalue weighted by Crippen LogP contribution is -2.64. The van der Waals surface area contributed by atoms with E-state index in [1.165, 1.54) is 12.0 Å². The van der Waals surface area contributed by atoms with Crippen molar-refractivity contribution in [1.82, 2.24) is 20.0 Å². The molecule has 1 aromatic carbocycles. The maximum absolute atomic E-state index is 13.4. The molecule has 30 heavy (non-hydrogen) atoms. The SMILES string of the molecule is O=C1CO[C@H]2CCN(C(=O)N3CCN(C4(c5ccc(F)cc5)CCC4)CC3)C[C@H]2N1. The van der Waals surface area contributed by atoms with Crippen molar-refractivity contribution in [3.63, 3.8) is 0 Å². The van der Waals surface area contributed by atoms with Crippen molar-refractivity contribution in [1.29, 1.82) is 0 Å². The summed E-state index contributed by atoms with van der Waals surface area (Å²) >= 11 is 0. The second-order valence-corrected chi connectivity index (χ2v) is 8.91. The van der Waals surface area contributed by atoms with Gasteiger partial charge in [-0.05, 0) is 43.4 Å². The lowest BCUT2D eigenvalue weighted by molar-refractivity contribution is -0.139. The van der Waals surface area contributed by atoms with E-state index in [1.54, 1.807) is 12.1 Å². The summed E-state index contributed by atoms with van der Waals surface area (Å²) in [6, 6.07) is 6.87. The van der Waals surface area contributed by atoms with Crippen LogP contribution in [0.4, 0.5) is 9.18 Å². The molecule has 162 valence electrons. The number of carbonyl (C=O) groups excluding carboxylic acids is 2. The first-order valence-corrected chi connectivity index (χ1v) is 11.0. The van der Waals surface area contributed by atoms with Crippen LogP contribution in [0.3, 0.4) is 0 Å². The molecule has 3 saturated heterocycles. The van der Waals surface area contributed by atoms with Gasteiger partial charge in [-0.2, -0.15) is 0 Å². The number of piperazine rings is 1. The van der Waals surface area contributed by atoms with Crippen molar-refractivity contribution in [2.75, 3.05) is 45.9 Å². The fraction of sp³-hybridized carbons (Fsp3) is 0.636. The van der Waals surface area contributed by atoms with Gasteiger partial charge in [0.2, 0.25) is 5.91 Å². The standard InChI is InChI=1S/C22H29FN4O3/c23-17-4-2-16(3-5-17)22(7-1-8-22)27-12-10-25(11-13-27)21(29)26-9-6-19-18(14-26)24-20(28)15-30-19/h2-5,18-19H,1,6-15H2,(H,24,28)/t18-,19+/m1/s1. The van der Waals surface area contributed by atoms with E-state index in [0.29, 0.717) is 26.2 Å². The fourth-order valence-corrected chi connectivity index (χ4v) is 5.46. The summed E-state index contributed by atoms with van der Waals surface area (Å²) in [7, 11) is 0. The van der Waals surface area contributed by atoms with Gasteiger partial charge in [-0.3, -0.25) is 9.69 Å². The van der Waals surface area contributed by atoms with Gasteiger partial charge in [-0.1, -0.05) is 12.1 Å². The molecule has 3 aliphatic heterocycles. The molecule has 0 spiro atoms. The van der Waals surface area contributed by atoms with Crippen molar-refractivity contribution in [3.8, 4) is 0 Å². The molecule has 0 radical (unpaired) electrons. The second-order valence-electron chi connectivity index (χ2n) is 8.91. The van der Waals surface area contributed by atoms with Crippen LogP contribution in [0.15, 0.2) is 24.3 Å². The highest BCUT2D eigenvalue weighted by atomic mass is 19.1. The summed E-state index contributed by atoms with van der Waals surface area (Å²) in [5, 5.41) is 2.96. The molecule has 1 saturated carbocycles. The smallest absolute Gasteiger partial charge is 0.320 e. The Balaban J connectivity index is 1.20. The van der Waals surface area contributed by atoms with Gasteiger partial charge in [0.25, 0.3) is 0 Å². The third kappa shape index (κ3) is 3.46. The maximum Gasteiger partial charge on any atom is 0.320 e. The van der Waals surface area contributed by atoms with Crippen LogP contribution in [-0.4, -0.2) is 84.7 Å². The highest BCUT2D eigenvalue weighted by molar-refractivity contribution is 5.79. The summed E-state index contributed by atoms with van der Waals surface area (Å²) < 4.78 is 19.0. The molecule has 7 nitrogen and oxygen atoms in total. The number of nitrogens with one attached hydrogen (secondary N) is 1. The number of halogens is 1. The number of amides is 3. The highest BCUT2D eigenvalue weighted by Gasteiger charge is 2.45. The Hall–Kier alpha value is -2.19. The van der Waals surface area contributed by atoms with Crippen LogP contribution < -0.4 is 5.32 Å². The zero-order valence-corrected chi connectivity index (χ0v) is 17.2. The minimum Gasteiger partial charge on any atom is -0.366 e. The van der Waals surface area contributed by atoms with E-state index in [0.717, 1.165) is 32.4 Å². The van der Waals surface area contributed by atoms with Crippen LogP contribution in [0.2, 0.25) is 0 Å². The minimum atomic E-state index is -0.202. The number of hydrogen-bond donors (Lipinski definition) is 1. The van der Waals surface area contributed by atoms with Crippen molar-refractivity contribution in [2.45, 2.75) is 43.4 Å². The molecule has 3 amide bonds. The number of piperidine rings is 1. The highest BCUT2D eigenvalue weighted by Crippen LogP contribution is 2.46. The molecule has 0 unspecified atom stereocenters. The molecule has 1 aromatic rings. The fourth-order valence-electron chi connectivity index (χ4n) is 5.46. The number of hydrogen-bond acceptors (Lipinski definition) is 4. The first-order valence-electron chi connectivity index (χ1n) is 11.0. The number of benzene rings is 1. The van der Waals surface area contributed by atoms with Gasteiger partial charge in [0.05, 0.1) is 12.1 Å². The van der Waals surface area contributed by atoms with Crippen molar-refractivity contribution in [2.24, 2.45) is 0 Å². The Morgan fingerprint density at radius 1 is 1.07 bits per heavy atom. The van der Waals surface area contributed by atoms with Crippen LogP contribution >= 0.6 is 0 Å². The van der Waals surface area contributed by atoms with E-state index in [-0.39, 0.29) is 42.0 Å². The summed E-state index contributed by atoms with van der Waals surface area (Å²) in [5.74, 6) is -0.308. The maximum atomic E-state index is 13.4. The van der Waals surface area contributed by atoms with Gasteiger partial charge in [-0.15, -0.1) is 0 Å². The van der Waals surface area contributed by atoms with Gasteiger partial charge >= 0.3 is 6.03 Å². The minimum absolute atomic E-state index is 0.00903. The third-order valence-corrected chi connectivity index (χ3v) is 7.31. The van der Waals surface area contributed by atoms with Gasteiger partial charge < -0.3 is 19.9 Å². The molecular weight excluding hydrogens is 387 g/mol. The Morgan fingerprint density at radius 2 is 1.80 bits per heavy atom. The molecule has 0 aromatic heterocycles. The molecule has 4 aliphatic rings. The molecule has 1 N–H and O–H groups in total. The number of likely N-dealkylation sites (tertiary alicyclic amines) is 1. The van der Waals surface area contributed by atoms with E-state index in [4.69, 9.17) is 4.74 Å². The normalized spacial score (nSPS) is 29.0. The van der Waals surface area contributed by atoms with Crippen molar-refractivity contribution < 1.29 is 18.7 Å². The summed E-state index contributed by atoms with van der Waals surface area (Å²) in [6.45, 7) is 4.31. The number of urea groups is 1. The third-order valence-electron chi connectivity index (χ3n) is 7.31. The molecule has 3 heterocycles. The Morgan fingerprint density at radius 3 is 2.47 bits per heavy atom. The predicted octanol–water partition coefficient (Wildman–Crippen LogP) is 1.53. The van der Waals surface area contributed by atoms with Crippen LogP contribution in [0.5, 0.6) is 0 Å². The van der Waals surface area contributed by atoms with E-state index in [1.807, 2.05) is 21.9 Å². The summed E-state index contributed by atoms with van der Waals surface area (Å²) in [5.41, 5.74) is 1.18. The number of ether oxygens (including phenoxy) is 1. The van der Waals surface area contributed by atoms with E-state index in [9.17, 15) is 14.0 Å². The molecule has 4 fully saturated rings. The molecule has 5 rings (SSSR count). The van der Waals surface area contributed by atoms with E-state index >= 15 is 0 Å². The lowest BCUT2D eigenvalue weighted by Gasteiger charge is -2.54. The largest absolute Gasteiger partial charge is 0.366 e. The average molecular weight is 416 g/mol.